The van der Waals surface area contributed by atoms with Crippen LogP contribution in [0.1, 0.15) is 0 Å². The van der Waals surface area contributed by atoms with Crippen molar-refractivity contribution in [3.05, 3.63) is 55.1 Å². The molecular weight excluding hydrogens is 228 g/mol. The van der Waals surface area contributed by atoms with Gasteiger partial charge in [0.15, 0.2) is 0 Å². The molecule has 0 amide bonds. The molecule has 0 aliphatic carbocycles. The van der Waals surface area contributed by atoms with E-state index in [-0.39, 0.29) is 13.5 Å². The molecule has 88 valence electrons. The number of aromatic nitrogens is 2. The van der Waals surface area contributed by atoms with Crippen LogP contribution in [0.25, 0.3) is 0 Å². The normalized spacial score (nSPS) is 7.00. The Morgan fingerprint density at radius 3 is 1.50 bits per heavy atom. The molecule has 0 aliphatic heterocycles. The Hall–Kier alpha value is -1.95. The maximum atomic E-state index is 8.56. The van der Waals surface area contributed by atoms with E-state index in [1.165, 1.54) is 0 Å². The van der Waals surface area contributed by atoms with E-state index in [0.717, 1.165) is 0 Å². The first kappa shape index (κ1) is 16.5. The number of rotatable bonds is 0. The second kappa shape index (κ2) is 13.1. The van der Waals surface area contributed by atoms with Crippen molar-refractivity contribution in [2.45, 2.75) is 0 Å². The Morgan fingerprint density at radius 2 is 1.38 bits per heavy atom. The summed E-state index contributed by atoms with van der Waals surface area (Å²) in [5, 5.41) is 13.9. The van der Waals surface area contributed by atoms with Crippen molar-refractivity contribution in [3.63, 3.8) is 0 Å². The maximum absolute atomic E-state index is 8.56. The van der Waals surface area contributed by atoms with Crippen molar-refractivity contribution < 1.29 is 15.0 Å². The topological polar surface area (TPSA) is 86.2 Å². The lowest BCUT2D eigenvalue weighted by atomic mass is 10.5. The predicted octanol–water partition coefficient (Wildman–Crippen LogP) is 2.43. The lowest BCUT2D eigenvalue weighted by Crippen LogP contribution is -1.81. The Kier molecular flexibility index (Phi) is 13.4. The second-order valence-corrected chi connectivity index (χ2v) is 2.19. The molecule has 0 radical (unpaired) electrons. The molecule has 0 bridgehead atoms. The van der Waals surface area contributed by atoms with Gasteiger partial charge >= 0.3 is 6.16 Å². The van der Waals surface area contributed by atoms with Crippen LogP contribution in [0.4, 0.5) is 4.79 Å². The van der Waals surface area contributed by atoms with Crippen LogP contribution in [0.2, 0.25) is 0 Å². The highest BCUT2D eigenvalue weighted by Gasteiger charge is 1.70. The third-order valence-electron chi connectivity index (χ3n) is 1.06. The van der Waals surface area contributed by atoms with E-state index in [2.05, 4.69) is 9.97 Å². The fraction of sp³-hybridized carbons (Fsp3) is 0. The third kappa shape index (κ3) is 18.0. The zero-order chi connectivity index (χ0) is 11.4. The molecule has 2 aromatic rings. The monoisotopic (exact) mass is 242 g/mol. The number of carboxylic acid groups (broad SMARTS) is 2. The minimum Gasteiger partial charge on any atom is -0.450 e. The quantitative estimate of drug-likeness (QED) is 0.662. The standard InChI is InChI=1S/C5H5N.C4H5N.CH2O3.H2S/c1-2-4-6-5-3-1;1-2-4-5-3-1;2-1(3)4;/h1-5H;1-5H;(H2,2,3,4);1H2. The lowest BCUT2D eigenvalue weighted by Gasteiger charge is -1.70. The molecule has 0 saturated carbocycles. The number of H-pyrrole nitrogens is 1. The molecule has 16 heavy (non-hydrogen) atoms. The van der Waals surface area contributed by atoms with Crippen LogP contribution in [0.3, 0.4) is 0 Å². The predicted molar refractivity (Wildman–Crippen MR) is 66.1 cm³/mol. The van der Waals surface area contributed by atoms with Crippen LogP contribution in [-0.2, 0) is 0 Å². The molecule has 0 unspecified atom stereocenters. The fourth-order valence-electron chi connectivity index (χ4n) is 0.590. The van der Waals surface area contributed by atoms with Crippen LogP contribution in [0.5, 0.6) is 0 Å². The van der Waals surface area contributed by atoms with Gasteiger partial charge in [-0.2, -0.15) is 13.5 Å². The number of aromatic amines is 1. The van der Waals surface area contributed by atoms with Gasteiger partial charge in [-0.1, -0.05) is 6.07 Å². The van der Waals surface area contributed by atoms with Crippen molar-refractivity contribution in [2.75, 3.05) is 0 Å². The van der Waals surface area contributed by atoms with Gasteiger partial charge < -0.3 is 15.2 Å². The van der Waals surface area contributed by atoms with Gasteiger partial charge in [-0.25, -0.2) is 4.79 Å². The van der Waals surface area contributed by atoms with Gasteiger partial charge in [-0.05, 0) is 24.3 Å². The molecule has 2 rings (SSSR count). The molecule has 0 fully saturated rings. The van der Waals surface area contributed by atoms with Gasteiger partial charge in [0.1, 0.15) is 0 Å². The van der Waals surface area contributed by atoms with Crippen molar-refractivity contribution in [2.24, 2.45) is 0 Å². The van der Waals surface area contributed by atoms with E-state index in [0.29, 0.717) is 0 Å². The summed E-state index contributed by atoms with van der Waals surface area (Å²) in [6.07, 6.45) is 5.42. The highest BCUT2D eigenvalue weighted by atomic mass is 32.1. The first-order chi connectivity index (χ1) is 7.23. The number of hydrogen-bond donors (Lipinski definition) is 3. The first-order valence-electron chi connectivity index (χ1n) is 4.08. The zero-order valence-electron chi connectivity index (χ0n) is 8.45. The van der Waals surface area contributed by atoms with E-state index in [9.17, 15) is 0 Å². The van der Waals surface area contributed by atoms with Crippen LogP contribution in [0, 0.1) is 0 Å². The highest BCUT2D eigenvalue weighted by molar-refractivity contribution is 7.59. The average Bonchev–Trinajstić information content (AvgIpc) is 2.77. The van der Waals surface area contributed by atoms with Gasteiger partial charge in [-0.3, -0.25) is 4.98 Å². The van der Waals surface area contributed by atoms with Gasteiger partial charge in [0.25, 0.3) is 0 Å². The minimum atomic E-state index is -1.83. The van der Waals surface area contributed by atoms with Crippen LogP contribution in [-0.4, -0.2) is 26.3 Å². The molecular formula is C10H14N2O3S. The summed E-state index contributed by atoms with van der Waals surface area (Å²) in [6, 6.07) is 9.60. The second-order valence-electron chi connectivity index (χ2n) is 2.19. The average molecular weight is 242 g/mol. The molecule has 6 heteroatoms. The molecule has 3 N–H and O–H groups in total. The van der Waals surface area contributed by atoms with E-state index in [1.54, 1.807) is 12.4 Å². The largest absolute Gasteiger partial charge is 0.503 e. The van der Waals surface area contributed by atoms with E-state index >= 15 is 0 Å². The highest BCUT2D eigenvalue weighted by Crippen LogP contribution is 1.73. The zero-order valence-corrected chi connectivity index (χ0v) is 9.45. The van der Waals surface area contributed by atoms with Gasteiger partial charge in [-0.15, -0.1) is 0 Å². The molecule has 0 spiro atoms. The van der Waals surface area contributed by atoms with Crippen molar-refractivity contribution in [1.82, 2.24) is 9.97 Å². The van der Waals surface area contributed by atoms with Crippen molar-refractivity contribution in [1.29, 1.82) is 0 Å². The number of carbonyl (C=O) groups is 1. The fourth-order valence-corrected chi connectivity index (χ4v) is 0.590. The molecule has 5 nitrogen and oxygen atoms in total. The Labute approximate surface area is 100 Å². The summed E-state index contributed by atoms with van der Waals surface area (Å²) >= 11 is 0. The van der Waals surface area contributed by atoms with E-state index < -0.39 is 6.16 Å². The number of hydrogen-bond acceptors (Lipinski definition) is 2. The van der Waals surface area contributed by atoms with Gasteiger partial charge in [0.05, 0.1) is 0 Å². The number of nitrogens with one attached hydrogen (secondary N) is 1. The lowest BCUT2D eigenvalue weighted by molar-refractivity contribution is 0.137. The van der Waals surface area contributed by atoms with Gasteiger partial charge in [0.2, 0.25) is 0 Å². The smallest absolute Gasteiger partial charge is 0.450 e. The Bertz CT molecular complexity index is 279. The molecule has 0 saturated heterocycles. The van der Waals surface area contributed by atoms with Crippen molar-refractivity contribution in [3.8, 4) is 0 Å². The molecule has 2 aromatic heterocycles. The summed E-state index contributed by atoms with van der Waals surface area (Å²) in [4.78, 5) is 15.2. The molecule has 0 atom stereocenters. The molecule has 0 aromatic carbocycles. The third-order valence-corrected chi connectivity index (χ3v) is 1.06. The molecule has 0 aliphatic rings. The summed E-state index contributed by atoms with van der Waals surface area (Å²) in [7, 11) is 0. The van der Waals surface area contributed by atoms with Crippen LogP contribution >= 0.6 is 13.5 Å². The van der Waals surface area contributed by atoms with Gasteiger partial charge in [0, 0.05) is 24.8 Å². The van der Waals surface area contributed by atoms with Crippen LogP contribution in [0.15, 0.2) is 55.1 Å². The summed E-state index contributed by atoms with van der Waals surface area (Å²) in [5.41, 5.74) is 0. The Morgan fingerprint density at radius 1 is 0.938 bits per heavy atom. The van der Waals surface area contributed by atoms with E-state index in [4.69, 9.17) is 15.0 Å². The Balaban J connectivity index is 0. The van der Waals surface area contributed by atoms with Crippen LogP contribution < -0.4 is 0 Å². The molecule has 2 heterocycles. The first-order valence-corrected chi connectivity index (χ1v) is 4.08. The maximum Gasteiger partial charge on any atom is 0.503 e. The number of nitrogens with zero attached hydrogens (tertiary/aromatic N) is 1. The number of pyridine rings is 1. The van der Waals surface area contributed by atoms with Crippen molar-refractivity contribution >= 4 is 19.7 Å². The SMILES string of the molecule is O=C(O)O.S.c1cc[nH]c1.c1ccncc1. The minimum absolute atomic E-state index is 0. The summed E-state index contributed by atoms with van der Waals surface area (Å²) in [5.74, 6) is 0. The summed E-state index contributed by atoms with van der Waals surface area (Å²) < 4.78 is 0. The van der Waals surface area contributed by atoms with E-state index in [1.807, 2.05) is 42.7 Å². The summed E-state index contributed by atoms with van der Waals surface area (Å²) in [6.45, 7) is 0.